The number of aliphatic carboxylic acids is 1. The lowest BCUT2D eigenvalue weighted by Gasteiger charge is -2.17. The van der Waals surface area contributed by atoms with E-state index in [4.69, 9.17) is 14.6 Å². The summed E-state index contributed by atoms with van der Waals surface area (Å²) in [4.78, 5) is 33.3. The fourth-order valence-corrected chi connectivity index (χ4v) is 2.08. The lowest BCUT2D eigenvalue weighted by Crippen LogP contribution is -2.19. The molecule has 0 saturated carbocycles. The van der Waals surface area contributed by atoms with Gasteiger partial charge in [-0.1, -0.05) is 0 Å². The molecule has 1 atom stereocenters. The van der Waals surface area contributed by atoms with Crippen LogP contribution in [0.3, 0.4) is 0 Å². The first-order valence-corrected chi connectivity index (χ1v) is 7.85. The molecule has 0 radical (unpaired) electrons. The zero-order valence-corrected chi connectivity index (χ0v) is 13.6. The average Bonchev–Trinajstić information content (AvgIpc) is 2.42. The Balaban J connectivity index is 4.09. The fourth-order valence-electron chi connectivity index (χ4n) is 2.08. The van der Waals surface area contributed by atoms with Crippen LogP contribution in [0, 0.1) is 0 Å². The van der Waals surface area contributed by atoms with E-state index in [-0.39, 0.29) is 24.3 Å². The lowest BCUT2D eigenvalue weighted by atomic mass is 10.0. The highest BCUT2D eigenvalue weighted by Crippen LogP contribution is 2.14. The van der Waals surface area contributed by atoms with Crippen molar-refractivity contribution < 1.29 is 29.0 Å². The van der Waals surface area contributed by atoms with Gasteiger partial charge in [0.1, 0.15) is 11.9 Å². The van der Waals surface area contributed by atoms with Crippen molar-refractivity contribution >= 4 is 17.7 Å². The molecule has 0 bridgehead atoms. The van der Waals surface area contributed by atoms with Gasteiger partial charge in [-0.05, 0) is 45.4 Å². The van der Waals surface area contributed by atoms with Crippen LogP contribution in [0.5, 0.6) is 0 Å². The Kier molecular flexibility index (Phi) is 12.4. The second-order valence-corrected chi connectivity index (χ2v) is 5.44. The maximum absolute atomic E-state index is 11.8. The highest BCUT2D eigenvalue weighted by Gasteiger charge is 2.15. The molecule has 0 aliphatic rings. The van der Waals surface area contributed by atoms with Crippen LogP contribution in [0.25, 0.3) is 0 Å². The minimum Gasteiger partial charge on any atom is -0.481 e. The largest absolute Gasteiger partial charge is 0.481 e. The number of ether oxygens (including phenoxy) is 2. The molecule has 6 heteroatoms. The number of unbranched alkanes of at least 4 members (excludes halogenated alkanes) is 1. The van der Waals surface area contributed by atoms with Gasteiger partial charge >= 0.3 is 11.9 Å². The van der Waals surface area contributed by atoms with Gasteiger partial charge in [-0.2, -0.15) is 0 Å². The van der Waals surface area contributed by atoms with Gasteiger partial charge in [0, 0.05) is 33.0 Å². The van der Waals surface area contributed by atoms with Gasteiger partial charge in [0.05, 0.1) is 0 Å². The first-order valence-electron chi connectivity index (χ1n) is 7.85. The van der Waals surface area contributed by atoms with Crippen molar-refractivity contribution in [2.24, 2.45) is 0 Å². The first-order chi connectivity index (χ1) is 10.5. The van der Waals surface area contributed by atoms with Crippen molar-refractivity contribution in [1.82, 2.24) is 0 Å². The normalized spacial score (nSPS) is 11.9. The Morgan fingerprint density at radius 1 is 0.955 bits per heavy atom. The Morgan fingerprint density at radius 3 is 2.14 bits per heavy atom. The summed E-state index contributed by atoms with van der Waals surface area (Å²) in [7, 11) is 1.62. The molecule has 6 nitrogen and oxygen atoms in total. The molecule has 0 aromatic heterocycles. The molecule has 22 heavy (non-hydrogen) atoms. The van der Waals surface area contributed by atoms with E-state index in [0.717, 1.165) is 6.42 Å². The van der Waals surface area contributed by atoms with Crippen LogP contribution in [-0.4, -0.2) is 42.6 Å². The zero-order chi connectivity index (χ0) is 16.8. The fraction of sp³-hybridized carbons (Fsp3) is 0.812. The molecule has 128 valence electrons. The van der Waals surface area contributed by atoms with E-state index >= 15 is 0 Å². The number of hydrogen-bond donors (Lipinski definition) is 1. The molecule has 0 heterocycles. The van der Waals surface area contributed by atoms with E-state index in [2.05, 4.69) is 0 Å². The van der Waals surface area contributed by atoms with Crippen LogP contribution in [0.1, 0.15) is 64.7 Å². The molecular weight excluding hydrogens is 288 g/mol. The summed E-state index contributed by atoms with van der Waals surface area (Å²) in [5, 5.41) is 8.66. The molecule has 0 fully saturated rings. The zero-order valence-electron chi connectivity index (χ0n) is 13.6. The van der Waals surface area contributed by atoms with Crippen molar-refractivity contribution in [2.75, 3.05) is 13.7 Å². The van der Waals surface area contributed by atoms with Gasteiger partial charge in [0.25, 0.3) is 0 Å². The summed E-state index contributed by atoms with van der Waals surface area (Å²) in [5.41, 5.74) is 0. The Labute approximate surface area is 132 Å². The van der Waals surface area contributed by atoms with Crippen LogP contribution >= 0.6 is 0 Å². The van der Waals surface area contributed by atoms with Crippen LogP contribution < -0.4 is 0 Å². The number of methoxy groups -OCH3 is 1. The molecule has 0 aliphatic heterocycles. The van der Waals surface area contributed by atoms with E-state index in [1.54, 1.807) is 7.11 Å². The van der Waals surface area contributed by atoms with Gasteiger partial charge in [-0.25, -0.2) is 0 Å². The SMILES string of the molecule is COCCCCC(=O)OC(CCCC(C)=O)CCCC(=O)O. The summed E-state index contributed by atoms with van der Waals surface area (Å²) in [6.07, 6.45) is 4.33. The Hall–Kier alpha value is -1.43. The van der Waals surface area contributed by atoms with Gasteiger partial charge in [-0.15, -0.1) is 0 Å². The standard InChI is InChI=1S/C16H28O6/c1-13(17)7-5-8-14(9-6-10-15(18)19)22-16(20)11-3-4-12-21-2/h14H,3-12H2,1-2H3,(H,18,19). The molecule has 0 spiro atoms. The van der Waals surface area contributed by atoms with Crippen molar-refractivity contribution in [3.63, 3.8) is 0 Å². The lowest BCUT2D eigenvalue weighted by molar-refractivity contribution is -0.150. The molecule has 0 amide bonds. The third-order valence-corrected chi connectivity index (χ3v) is 3.25. The maximum Gasteiger partial charge on any atom is 0.306 e. The summed E-state index contributed by atoms with van der Waals surface area (Å²) >= 11 is 0. The molecule has 0 aliphatic carbocycles. The predicted octanol–water partition coefficient (Wildman–Crippen LogP) is 2.73. The van der Waals surface area contributed by atoms with Crippen LogP contribution in [0.2, 0.25) is 0 Å². The summed E-state index contributed by atoms with van der Waals surface area (Å²) < 4.78 is 10.3. The number of rotatable bonds is 14. The van der Waals surface area contributed by atoms with Crippen molar-refractivity contribution in [2.45, 2.75) is 70.8 Å². The minimum atomic E-state index is -0.853. The smallest absolute Gasteiger partial charge is 0.306 e. The van der Waals surface area contributed by atoms with Crippen molar-refractivity contribution in [1.29, 1.82) is 0 Å². The van der Waals surface area contributed by atoms with E-state index in [1.165, 1.54) is 6.92 Å². The second-order valence-electron chi connectivity index (χ2n) is 5.44. The van der Waals surface area contributed by atoms with Crippen molar-refractivity contribution in [3.05, 3.63) is 0 Å². The molecule has 1 unspecified atom stereocenters. The van der Waals surface area contributed by atoms with Gasteiger partial charge in [-0.3, -0.25) is 9.59 Å². The van der Waals surface area contributed by atoms with E-state index in [0.29, 0.717) is 51.6 Å². The van der Waals surface area contributed by atoms with Crippen molar-refractivity contribution in [3.8, 4) is 0 Å². The maximum atomic E-state index is 11.8. The number of hydrogen-bond acceptors (Lipinski definition) is 5. The van der Waals surface area contributed by atoms with Gasteiger partial charge in [0.2, 0.25) is 0 Å². The average molecular weight is 316 g/mol. The monoisotopic (exact) mass is 316 g/mol. The summed E-state index contributed by atoms with van der Waals surface area (Å²) in [6.45, 7) is 2.15. The topological polar surface area (TPSA) is 89.9 Å². The number of Topliss-reactive ketones (excluding diaryl/α,β-unsaturated/α-hetero) is 1. The number of esters is 1. The first kappa shape index (κ1) is 20.6. The van der Waals surface area contributed by atoms with Crippen LogP contribution in [0.15, 0.2) is 0 Å². The number of carbonyl (C=O) groups excluding carboxylic acids is 2. The third kappa shape index (κ3) is 13.5. The van der Waals surface area contributed by atoms with Gasteiger partial charge in [0.15, 0.2) is 0 Å². The molecule has 0 rings (SSSR count). The highest BCUT2D eigenvalue weighted by molar-refractivity contribution is 5.75. The van der Waals surface area contributed by atoms with Crippen LogP contribution in [0.4, 0.5) is 0 Å². The molecule has 0 aromatic rings. The number of carboxylic acid groups (broad SMARTS) is 1. The number of ketones is 1. The summed E-state index contributed by atoms with van der Waals surface area (Å²) in [5.74, 6) is -1.01. The van der Waals surface area contributed by atoms with Gasteiger partial charge < -0.3 is 19.4 Å². The second kappa shape index (κ2) is 13.2. The quantitative estimate of drug-likeness (QED) is 0.391. The molecule has 1 N–H and O–H groups in total. The molecular formula is C16H28O6. The van der Waals surface area contributed by atoms with E-state index in [9.17, 15) is 14.4 Å². The summed E-state index contributed by atoms with van der Waals surface area (Å²) in [6, 6.07) is 0. The van der Waals surface area contributed by atoms with E-state index < -0.39 is 5.97 Å². The number of carbonyl (C=O) groups is 3. The third-order valence-electron chi connectivity index (χ3n) is 3.25. The highest BCUT2D eigenvalue weighted by atomic mass is 16.5. The number of carboxylic acids is 1. The minimum absolute atomic E-state index is 0.0641. The molecule has 0 saturated heterocycles. The van der Waals surface area contributed by atoms with E-state index in [1.807, 2.05) is 0 Å². The Morgan fingerprint density at radius 2 is 1.59 bits per heavy atom. The van der Waals surface area contributed by atoms with Crippen LogP contribution in [-0.2, 0) is 23.9 Å². The Bertz CT molecular complexity index is 320. The predicted molar refractivity (Wildman–Crippen MR) is 81.6 cm³/mol. The molecule has 0 aromatic carbocycles.